The van der Waals surface area contributed by atoms with Crippen LogP contribution in [0.25, 0.3) is 5.57 Å². The molecule has 3 aromatic carbocycles. The largest absolute Gasteiger partial charge is 0.505 e. The molecule has 9 heteroatoms. The second kappa shape index (κ2) is 11.6. The number of fused-ring (bicyclic) bond motifs is 4. The fourth-order valence-electron chi connectivity index (χ4n) is 8.63. The van der Waals surface area contributed by atoms with Crippen molar-refractivity contribution in [2.45, 2.75) is 37.0 Å². The quantitative estimate of drug-likeness (QED) is 0.270. The van der Waals surface area contributed by atoms with Gasteiger partial charge in [0.25, 0.3) is 0 Å². The fraction of sp³-hybridized carbons (Fsp3) is 0.289. The molecule has 2 N–H and O–H groups in total. The number of likely N-dealkylation sites (tertiary alicyclic amines) is 1. The number of hydrogen-bond acceptors (Lipinski definition) is 6. The van der Waals surface area contributed by atoms with E-state index in [1.165, 1.54) is 18.2 Å². The molecule has 0 bridgehead atoms. The third kappa shape index (κ3) is 4.67. The highest BCUT2D eigenvalue weighted by Gasteiger charge is 2.65. The van der Waals surface area contributed by atoms with Gasteiger partial charge in [-0.25, -0.2) is 4.39 Å². The zero-order valence-electron chi connectivity index (χ0n) is 25.3. The third-order valence-electron chi connectivity index (χ3n) is 10.5. The number of rotatable bonds is 7. The van der Waals surface area contributed by atoms with E-state index in [1.54, 1.807) is 54.6 Å². The number of amides is 2. The summed E-state index contributed by atoms with van der Waals surface area (Å²) < 4.78 is 15.1. The van der Waals surface area contributed by atoms with Crippen molar-refractivity contribution in [3.8, 4) is 5.75 Å². The summed E-state index contributed by atoms with van der Waals surface area (Å²) in [5.74, 6) is -7.85. The Morgan fingerprint density at radius 3 is 2.30 bits per heavy atom. The molecule has 3 aliphatic carbocycles. The van der Waals surface area contributed by atoms with Gasteiger partial charge >= 0.3 is 5.97 Å². The molecule has 6 atom stereocenters. The number of imide groups is 1. The van der Waals surface area contributed by atoms with Gasteiger partial charge in [0.05, 0.1) is 17.3 Å². The third-order valence-corrected chi connectivity index (χ3v) is 10.5. The number of ketones is 2. The average Bonchev–Trinajstić information content (AvgIpc) is 3.32. The fourth-order valence-corrected chi connectivity index (χ4v) is 8.63. The van der Waals surface area contributed by atoms with Crippen LogP contribution in [0.4, 0.5) is 4.39 Å². The minimum Gasteiger partial charge on any atom is -0.505 e. The molecule has 7 rings (SSSR count). The molecular formula is C38H32FNO7. The van der Waals surface area contributed by atoms with Crippen LogP contribution in [0, 0.1) is 29.5 Å². The molecule has 0 unspecified atom stereocenters. The van der Waals surface area contributed by atoms with Crippen LogP contribution < -0.4 is 0 Å². The van der Waals surface area contributed by atoms with E-state index in [0.29, 0.717) is 22.3 Å². The highest BCUT2D eigenvalue weighted by Crippen LogP contribution is 2.63. The number of allylic oxidation sites excluding steroid dienone is 4. The number of phenolic OH excluding ortho intramolecular Hbond substituents is 1. The first-order chi connectivity index (χ1) is 22.6. The van der Waals surface area contributed by atoms with Crippen LogP contribution in [-0.2, 0) is 29.4 Å². The SMILES string of the molecule is O=C(O)CCCN1C(=O)[C@H]2[C@H](CC=C3[C@H]2C[C@H]2C(=O)C(c4ccccc4)=CC(=O)[C@@]2(c2ccccc2)[C@H]3c2ccc(O)c(F)c2)C1=O. The van der Waals surface area contributed by atoms with Crippen molar-refractivity contribution in [2.75, 3.05) is 6.54 Å². The lowest BCUT2D eigenvalue weighted by atomic mass is 9.44. The molecule has 8 nitrogen and oxygen atoms in total. The van der Waals surface area contributed by atoms with E-state index in [0.717, 1.165) is 4.90 Å². The first-order valence-electron chi connectivity index (χ1n) is 15.8. The first kappa shape index (κ1) is 30.5. The van der Waals surface area contributed by atoms with Gasteiger partial charge in [0.1, 0.15) is 0 Å². The lowest BCUT2D eigenvalue weighted by molar-refractivity contribution is -0.142. The van der Waals surface area contributed by atoms with Gasteiger partial charge in [-0.2, -0.15) is 0 Å². The molecule has 238 valence electrons. The van der Waals surface area contributed by atoms with Crippen LogP contribution in [0.2, 0.25) is 0 Å². The van der Waals surface area contributed by atoms with Crippen molar-refractivity contribution in [3.05, 3.63) is 119 Å². The maximum atomic E-state index is 15.1. The van der Waals surface area contributed by atoms with Gasteiger partial charge in [-0.05, 0) is 60.1 Å². The van der Waals surface area contributed by atoms with E-state index >= 15 is 4.39 Å². The van der Waals surface area contributed by atoms with Gasteiger partial charge < -0.3 is 10.2 Å². The van der Waals surface area contributed by atoms with Crippen LogP contribution in [0.15, 0.2) is 96.6 Å². The molecule has 0 aromatic heterocycles. The lowest BCUT2D eigenvalue weighted by Crippen LogP contribution is -2.58. The number of carboxylic acid groups (broad SMARTS) is 1. The van der Waals surface area contributed by atoms with Crippen molar-refractivity contribution < 1.29 is 38.6 Å². The summed E-state index contributed by atoms with van der Waals surface area (Å²) in [6.07, 6.45) is 3.51. The summed E-state index contributed by atoms with van der Waals surface area (Å²) >= 11 is 0. The van der Waals surface area contributed by atoms with Gasteiger partial charge in [-0.15, -0.1) is 0 Å². The van der Waals surface area contributed by atoms with Crippen molar-refractivity contribution in [1.82, 2.24) is 4.90 Å². The molecule has 1 saturated carbocycles. The second-order valence-electron chi connectivity index (χ2n) is 12.8. The number of carboxylic acids is 1. The van der Waals surface area contributed by atoms with Gasteiger partial charge in [0.15, 0.2) is 23.1 Å². The number of nitrogens with zero attached hydrogens (tertiary/aromatic N) is 1. The van der Waals surface area contributed by atoms with Crippen molar-refractivity contribution in [3.63, 3.8) is 0 Å². The number of carbonyl (C=O) groups is 5. The molecule has 2 fully saturated rings. The normalized spacial score (nSPS) is 28.3. The highest BCUT2D eigenvalue weighted by atomic mass is 19.1. The van der Waals surface area contributed by atoms with Gasteiger partial charge in [-0.1, -0.05) is 78.4 Å². The molecule has 4 aliphatic rings. The summed E-state index contributed by atoms with van der Waals surface area (Å²) in [6.45, 7) is -0.0265. The molecule has 47 heavy (non-hydrogen) atoms. The number of aliphatic carboxylic acids is 1. The molecule has 1 aliphatic heterocycles. The van der Waals surface area contributed by atoms with E-state index in [2.05, 4.69) is 0 Å². The minimum atomic E-state index is -1.50. The number of halogens is 1. The van der Waals surface area contributed by atoms with Gasteiger partial charge in [0, 0.05) is 30.4 Å². The molecule has 3 aromatic rings. The van der Waals surface area contributed by atoms with E-state index in [4.69, 9.17) is 5.11 Å². The van der Waals surface area contributed by atoms with Gasteiger partial charge in [0.2, 0.25) is 11.8 Å². The molecule has 1 heterocycles. The summed E-state index contributed by atoms with van der Waals surface area (Å²) in [4.78, 5) is 69.6. The lowest BCUT2D eigenvalue weighted by Gasteiger charge is -2.55. The van der Waals surface area contributed by atoms with E-state index in [9.17, 15) is 29.1 Å². The highest BCUT2D eigenvalue weighted by molar-refractivity contribution is 6.31. The maximum Gasteiger partial charge on any atom is 0.303 e. The molecule has 2 amide bonds. The Bertz CT molecular complexity index is 1880. The monoisotopic (exact) mass is 633 g/mol. The minimum absolute atomic E-state index is 0.0265. The molecule has 0 radical (unpaired) electrons. The Morgan fingerprint density at radius 2 is 1.62 bits per heavy atom. The van der Waals surface area contributed by atoms with Gasteiger partial charge in [-0.3, -0.25) is 28.9 Å². The van der Waals surface area contributed by atoms with Crippen LogP contribution >= 0.6 is 0 Å². The smallest absolute Gasteiger partial charge is 0.303 e. The Labute approximate surface area is 270 Å². The number of carbonyl (C=O) groups excluding carboxylic acids is 4. The van der Waals surface area contributed by atoms with Crippen molar-refractivity contribution >= 4 is 34.9 Å². The Balaban J connectivity index is 1.44. The van der Waals surface area contributed by atoms with Crippen LogP contribution in [0.5, 0.6) is 5.75 Å². The summed E-state index contributed by atoms with van der Waals surface area (Å²) in [6, 6.07) is 21.8. The summed E-state index contributed by atoms with van der Waals surface area (Å²) in [5.41, 5.74) is 0.975. The maximum absolute atomic E-state index is 15.1. The van der Waals surface area contributed by atoms with Crippen LogP contribution in [-0.4, -0.2) is 51.0 Å². The van der Waals surface area contributed by atoms with Crippen LogP contribution in [0.3, 0.4) is 0 Å². The number of benzene rings is 3. The number of phenols is 1. The average molecular weight is 634 g/mol. The molecule has 0 spiro atoms. The van der Waals surface area contributed by atoms with Crippen LogP contribution in [0.1, 0.15) is 48.3 Å². The predicted molar refractivity (Wildman–Crippen MR) is 168 cm³/mol. The standard InChI is InChI=1S/C38H32FNO7/c39-29-18-22(13-16-30(29)41)34-24-14-15-25-33(37(47)40(36(25)46)17-7-12-32(43)44)27(24)19-28-35(45)26(21-8-3-1-4-9-21)20-31(42)38(28,34)23-10-5-2-6-11-23/h1-6,8-11,13-14,16,18,20,25,27-28,33-34,41H,7,12,15,17,19H2,(H,43,44)/t25-,27+,28-,33-,34-,38-/m0/s1. The second-order valence-corrected chi connectivity index (χ2v) is 12.8. The Morgan fingerprint density at radius 1 is 0.915 bits per heavy atom. The van der Waals surface area contributed by atoms with E-state index in [1.807, 2.05) is 18.2 Å². The predicted octanol–water partition coefficient (Wildman–Crippen LogP) is 5.22. The number of hydrogen-bond donors (Lipinski definition) is 2. The molecule has 1 saturated heterocycles. The van der Waals surface area contributed by atoms with Crippen molar-refractivity contribution in [1.29, 1.82) is 0 Å². The first-order valence-corrected chi connectivity index (χ1v) is 15.8. The number of aromatic hydroxyl groups is 1. The zero-order valence-corrected chi connectivity index (χ0v) is 25.3. The Hall–Kier alpha value is -5.18. The Kier molecular flexibility index (Phi) is 7.50. The number of Topliss-reactive ketones (excluding diaryl/α,β-unsaturated/α-hetero) is 1. The van der Waals surface area contributed by atoms with E-state index < -0.39 is 58.4 Å². The summed E-state index contributed by atoms with van der Waals surface area (Å²) in [5, 5.41) is 19.2. The summed E-state index contributed by atoms with van der Waals surface area (Å²) in [7, 11) is 0. The zero-order chi connectivity index (χ0) is 33.0. The van der Waals surface area contributed by atoms with Crippen molar-refractivity contribution in [2.24, 2.45) is 23.7 Å². The molecular weight excluding hydrogens is 601 g/mol. The van der Waals surface area contributed by atoms with E-state index in [-0.39, 0.29) is 55.3 Å². The topological polar surface area (TPSA) is 129 Å².